The van der Waals surface area contributed by atoms with E-state index in [9.17, 15) is 4.79 Å². The first kappa shape index (κ1) is 17.9. The number of anilines is 2. The number of hydrogen-bond donors (Lipinski definition) is 1. The van der Waals surface area contributed by atoms with Crippen molar-refractivity contribution in [2.45, 2.75) is 40.5 Å². The van der Waals surface area contributed by atoms with Gasteiger partial charge in [-0.2, -0.15) is 0 Å². The second-order valence-electron chi connectivity index (χ2n) is 6.00. The molecule has 0 spiro atoms. The van der Waals surface area contributed by atoms with Gasteiger partial charge in [0.25, 0.3) is 5.91 Å². The van der Waals surface area contributed by atoms with E-state index in [1.807, 2.05) is 32.0 Å². The van der Waals surface area contributed by atoms with Crippen LogP contribution in [0.15, 0.2) is 30.5 Å². The molecule has 0 aliphatic carbocycles. The molecule has 2 aromatic rings. The molecule has 5 nitrogen and oxygen atoms in total. The lowest BCUT2D eigenvalue weighted by Gasteiger charge is -2.21. The molecular weight excluding hydrogens is 300 g/mol. The number of aromatic nitrogens is 2. The molecule has 2 rings (SSSR count). The van der Waals surface area contributed by atoms with Gasteiger partial charge in [-0.3, -0.25) is 4.79 Å². The number of nitrogens with one attached hydrogen (secondary N) is 1. The second kappa shape index (κ2) is 8.43. The standard InChI is InChI=1S/C19H26N4O/c1-5-11-23(12-6-2)19-20-10-9-16(22-19)18(24)21-17-13-14(3)7-8-15(17)4/h7-10,13H,5-6,11-12H2,1-4H3,(H,21,24). The van der Waals surface area contributed by atoms with Crippen LogP contribution in [-0.2, 0) is 0 Å². The fraction of sp³-hybridized carbons (Fsp3) is 0.421. The van der Waals surface area contributed by atoms with E-state index in [-0.39, 0.29) is 5.91 Å². The quantitative estimate of drug-likeness (QED) is 0.836. The van der Waals surface area contributed by atoms with Crippen LogP contribution in [0.4, 0.5) is 11.6 Å². The molecule has 0 aliphatic rings. The second-order valence-corrected chi connectivity index (χ2v) is 6.00. The fourth-order valence-corrected chi connectivity index (χ4v) is 2.54. The molecule has 1 amide bonds. The van der Waals surface area contributed by atoms with Crippen molar-refractivity contribution >= 4 is 17.5 Å². The molecule has 1 aromatic heterocycles. The summed E-state index contributed by atoms with van der Waals surface area (Å²) >= 11 is 0. The minimum Gasteiger partial charge on any atom is -0.341 e. The van der Waals surface area contributed by atoms with Gasteiger partial charge >= 0.3 is 0 Å². The van der Waals surface area contributed by atoms with E-state index < -0.39 is 0 Å². The maximum atomic E-state index is 12.5. The highest BCUT2D eigenvalue weighted by Gasteiger charge is 2.13. The summed E-state index contributed by atoms with van der Waals surface area (Å²) in [4.78, 5) is 23.5. The molecule has 1 aromatic carbocycles. The van der Waals surface area contributed by atoms with E-state index in [1.165, 1.54) is 0 Å². The molecule has 0 saturated heterocycles. The molecule has 0 unspecified atom stereocenters. The van der Waals surface area contributed by atoms with Crippen molar-refractivity contribution in [3.8, 4) is 0 Å². The van der Waals surface area contributed by atoms with E-state index in [4.69, 9.17) is 0 Å². The summed E-state index contributed by atoms with van der Waals surface area (Å²) in [5.74, 6) is 0.410. The van der Waals surface area contributed by atoms with Crippen molar-refractivity contribution in [1.29, 1.82) is 0 Å². The zero-order valence-corrected chi connectivity index (χ0v) is 15.0. The molecule has 24 heavy (non-hydrogen) atoms. The topological polar surface area (TPSA) is 58.1 Å². The Labute approximate surface area is 144 Å². The Morgan fingerprint density at radius 1 is 1.12 bits per heavy atom. The van der Waals surface area contributed by atoms with Crippen molar-refractivity contribution in [3.05, 3.63) is 47.3 Å². The van der Waals surface area contributed by atoms with Gasteiger partial charge in [0, 0.05) is 25.0 Å². The van der Waals surface area contributed by atoms with E-state index in [0.29, 0.717) is 11.6 Å². The van der Waals surface area contributed by atoms with Gasteiger partial charge in [0.1, 0.15) is 5.69 Å². The van der Waals surface area contributed by atoms with Crippen LogP contribution in [0.25, 0.3) is 0 Å². The van der Waals surface area contributed by atoms with Crippen molar-refractivity contribution in [2.75, 3.05) is 23.3 Å². The van der Waals surface area contributed by atoms with Crippen molar-refractivity contribution in [2.24, 2.45) is 0 Å². The molecule has 0 radical (unpaired) electrons. The molecule has 1 N–H and O–H groups in total. The third-order valence-electron chi connectivity index (χ3n) is 3.79. The fourth-order valence-electron chi connectivity index (χ4n) is 2.54. The lowest BCUT2D eigenvalue weighted by molar-refractivity contribution is 0.102. The maximum absolute atomic E-state index is 12.5. The Hall–Kier alpha value is -2.43. The maximum Gasteiger partial charge on any atom is 0.274 e. The Bertz CT molecular complexity index is 694. The molecule has 0 fully saturated rings. The SMILES string of the molecule is CCCN(CCC)c1nccc(C(=O)Nc2cc(C)ccc2C)n1. The van der Waals surface area contributed by atoms with Crippen LogP contribution in [0.5, 0.6) is 0 Å². The molecule has 0 atom stereocenters. The first-order valence-electron chi connectivity index (χ1n) is 8.51. The molecule has 0 bridgehead atoms. The molecule has 0 saturated carbocycles. The summed E-state index contributed by atoms with van der Waals surface area (Å²) in [6, 6.07) is 7.65. The van der Waals surface area contributed by atoms with Gasteiger partial charge in [-0.1, -0.05) is 26.0 Å². The largest absolute Gasteiger partial charge is 0.341 e. The average molecular weight is 326 g/mol. The highest BCUT2D eigenvalue weighted by Crippen LogP contribution is 2.17. The number of rotatable bonds is 7. The highest BCUT2D eigenvalue weighted by atomic mass is 16.1. The Morgan fingerprint density at radius 3 is 2.50 bits per heavy atom. The third-order valence-corrected chi connectivity index (χ3v) is 3.79. The Kier molecular flexibility index (Phi) is 6.29. The van der Waals surface area contributed by atoms with Crippen LogP contribution in [0.3, 0.4) is 0 Å². The summed E-state index contributed by atoms with van der Waals surface area (Å²) in [5.41, 5.74) is 3.34. The smallest absolute Gasteiger partial charge is 0.274 e. The lowest BCUT2D eigenvalue weighted by atomic mass is 10.1. The number of benzene rings is 1. The molecule has 128 valence electrons. The van der Waals surface area contributed by atoms with Crippen molar-refractivity contribution in [1.82, 2.24) is 9.97 Å². The average Bonchev–Trinajstić information content (AvgIpc) is 2.58. The van der Waals surface area contributed by atoms with E-state index in [2.05, 4.69) is 34.0 Å². The Morgan fingerprint density at radius 2 is 1.83 bits per heavy atom. The number of aryl methyl sites for hydroxylation is 2. The van der Waals surface area contributed by atoms with Crippen LogP contribution in [0.2, 0.25) is 0 Å². The third kappa shape index (κ3) is 4.54. The predicted octanol–water partition coefficient (Wildman–Crippen LogP) is 3.97. The summed E-state index contributed by atoms with van der Waals surface area (Å²) in [6.07, 6.45) is 3.68. The van der Waals surface area contributed by atoms with Crippen molar-refractivity contribution < 1.29 is 4.79 Å². The van der Waals surface area contributed by atoms with E-state index in [0.717, 1.165) is 42.7 Å². The highest BCUT2D eigenvalue weighted by molar-refractivity contribution is 6.03. The first-order valence-corrected chi connectivity index (χ1v) is 8.51. The summed E-state index contributed by atoms with van der Waals surface area (Å²) in [6.45, 7) is 10.0. The monoisotopic (exact) mass is 326 g/mol. The number of amides is 1. The first-order chi connectivity index (χ1) is 11.5. The number of nitrogens with zero attached hydrogens (tertiary/aromatic N) is 3. The van der Waals surface area contributed by atoms with Crippen LogP contribution < -0.4 is 10.2 Å². The van der Waals surface area contributed by atoms with Crippen molar-refractivity contribution in [3.63, 3.8) is 0 Å². The minimum absolute atomic E-state index is 0.208. The molecular formula is C19H26N4O. The normalized spacial score (nSPS) is 10.5. The zero-order chi connectivity index (χ0) is 17.5. The molecule has 0 aliphatic heterocycles. The van der Waals surface area contributed by atoms with Gasteiger partial charge < -0.3 is 10.2 Å². The van der Waals surface area contributed by atoms with E-state index >= 15 is 0 Å². The minimum atomic E-state index is -0.208. The summed E-state index contributed by atoms with van der Waals surface area (Å²) in [7, 11) is 0. The Balaban J connectivity index is 2.20. The van der Waals surface area contributed by atoms with Crippen LogP contribution >= 0.6 is 0 Å². The number of hydrogen-bond acceptors (Lipinski definition) is 4. The lowest BCUT2D eigenvalue weighted by Crippen LogP contribution is -2.28. The van der Waals surface area contributed by atoms with Gasteiger partial charge in [-0.25, -0.2) is 9.97 Å². The number of carbonyl (C=O) groups excluding carboxylic acids is 1. The van der Waals surface area contributed by atoms with Gasteiger partial charge in [-0.05, 0) is 49.9 Å². The van der Waals surface area contributed by atoms with Crippen LogP contribution in [0.1, 0.15) is 48.3 Å². The number of carbonyl (C=O) groups is 1. The van der Waals surface area contributed by atoms with Gasteiger partial charge in [0.15, 0.2) is 0 Å². The summed E-state index contributed by atoms with van der Waals surface area (Å²) in [5, 5.41) is 2.95. The predicted molar refractivity (Wildman–Crippen MR) is 98.7 cm³/mol. The van der Waals surface area contributed by atoms with Gasteiger partial charge in [0.2, 0.25) is 5.95 Å². The van der Waals surface area contributed by atoms with Gasteiger partial charge in [0.05, 0.1) is 0 Å². The summed E-state index contributed by atoms with van der Waals surface area (Å²) < 4.78 is 0. The molecule has 1 heterocycles. The van der Waals surface area contributed by atoms with E-state index in [1.54, 1.807) is 12.3 Å². The zero-order valence-electron chi connectivity index (χ0n) is 15.0. The molecule has 5 heteroatoms. The van der Waals surface area contributed by atoms with Gasteiger partial charge in [-0.15, -0.1) is 0 Å². The van der Waals surface area contributed by atoms with Crippen LogP contribution in [-0.4, -0.2) is 29.0 Å². The van der Waals surface area contributed by atoms with Crippen LogP contribution in [0, 0.1) is 13.8 Å².